The lowest BCUT2D eigenvalue weighted by molar-refractivity contribution is -0.384. The molecule has 1 aromatic heterocycles. The number of amidine groups is 1. The first-order chi connectivity index (χ1) is 17.9. The number of aromatic nitrogens is 2. The zero-order valence-electron chi connectivity index (χ0n) is 20.2. The number of allylic oxidation sites excluding steroid dienone is 1. The number of aliphatic imine (C=N–C) groups is 1. The molecule has 0 aliphatic carbocycles. The molecule has 0 radical (unpaired) electrons. The lowest BCUT2D eigenvalue weighted by Gasteiger charge is -2.38. The Morgan fingerprint density at radius 2 is 1.92 bits per heavy atom. The van der Waals surface area contributed by atoms with Crippen molar-refractivity contribution in [1.29, 1.82) is 0 Å². The van der Waals surface area contributed by atoms with Crippen LogP contribution in [0, 0.1) is 10.1 Å². The molecule has 2 aliphatic rings. The molecule has 37 heavy (non-hydrogen) atoms. The zero-order chi connectivity index (χ0) is 26.1. The van der Waals surface area contributed by atoms with Gasteiger partial charge in [-0.25, -0.2) is 14.5 Å². The highest BCUT2D eigenvalue weighted by molar-refractivity contribution is 8.14. The number of hydrogen-bond donors (Lipinski definition) is 0. The number of nitro benzene ring substituents is 1. The van der Waals surface area contributed by atoms with E-state index in [-0.39, 0.29) is 23.8 Å². The van der Waals surface area contributed by atoms with E-state index in [1.165, 1.54) is 23.9 Å². The van der Waals surface area contributed by atoms with Crippen molar-refractivity contribution in [2.45, 2.75) is 26.3 Å². The fourth-order valence-corrected chi connectivity index (χ4v) is 5.43. The number of rotatable bonds is 6. The van der Waals surface area contributed by atoms with Gasteiger partial charge in [0.25, 0.3) is 5.69 Å². The third kappa shape index (κ3) is 4.53. The number of non-ortho nitro benzene ring substituents is 1. The number of benzene rings is 2. The van der Waals surface area contributed by atoms with Gasteiger partial charge in [-0.05, 0) is 38.1 Å². The number of esters is 1. The number of para-hydroxylation sites is 1. The van der Waals surface area contributed by atoms with Crippen LogP contribution in [0.1, 0.15) is 31.9 Å². The van der Waals surface area contributed by atoms with Gasteiger partial charge in [0.05, 0.1) is 34.2 Å². The summed E-state index contributed by atoms with van der Waals surface area (Å²) in [6.07, 6.45) is 2.09. The van der Waals surface area contributed by atoms with E-state index in [1.807, 2.05) is 30.3 Å². The summed E-state index contributed by atoms with van der Waals surface area (Å²) in [6, 6.07) is 14.7. The Morgan fingerprint density at radius 1 is 1.19 bits per heavy atom. The molecule has 3 aromatic rings. The Kier molecular flexibility index (Phi) is 6.62. The molecule has 0 spiro atoms. The minimum absolute atomic E-state index is 0.0505. The van der Waals surface area contributed by atoms with Crippen LogP contribution in [0.3, 0.4) is 0 Å². The minimum Gasteiger partial charge on any atom is -0.463 e. The van der Waals surface area contributed by atoms with Gasteiger partial charge in [0.1, 0.15) is 6.04 Å². The standard InChI is InChI=1S/C26H23N5O5S/c1-3-36-25(33)22-16(2)27-26-30(21(32)13-14-37-26)24(22)20-15-29(18-7-5-4-6-8-18)28-23(20)17-9-11-19(12-10-17)31(34)35/h4-12,15,24H,3,13-14H2,1-2H3. The van der Waals surface area contributed by atoms with Crippen molar-refractivity contribution in [2.75, 3.05) is 12.4 Å². The summed E-state index contributed by atoms with van der Waals surface area (Å²) in [7, 11) is 0. The molecule has 1 fully saturated rings. The molecule has 0 N–H and O–H groups in total. The average molecular weight is 518 g/mol. The van der Waals surface area contributed by atoms with Crippen molar-refractivity contribution in [3.63, 3.8) is 0 Å². The molecule has 1 unspecified atom stereocenters. The normalized spacial score (nSPS) is 17.4. The summed E-state index contributed by atoms with van der Waals surface area (Å²) in [6.45, 7) is 3.62. The van der Waals surface area contributed by atoms with Crippen molar-refractivity contribution in [3.8, 4) is 16.9 Å². The third-order valence-electron chi connectivity index (χ3n) is 6.11. The van der Waals surface area contributed by atoms with E-state index in [4.69, 9.17) is 9.84 Å². The van der Waals surface area contributed by atoms with Gasteiger partial charge in [-0.3, -0.25) is 19.8 Å². The second-order valence-electron chi connectivity index (χ2n) is 8.40. The van der Waals surface area contributed by atoms with Crippen LogP contribution in [0.5, 0.6) is 0 Å². The minimum atomic E-state index is -0.825. The summed E-state index contributed by atoms with van der Waals surface area (Å²) < 4.78 is 7.06. The second kappa shape index (κ2) is 10.0. The van der Waals surface area contributed by atoms with Gasteiger partial charge < -0.3 is 4.74 Å². The maximum atomic E-state index is 13.2. The molecule has 0 bridgehead atoms. The highest BCUT2D eigenvalue weighted by Gasteiger charge is 2.43. The van der Waals surface area contributed by atoms with Gasteiger partial charge in [-0.2, -0.15) is 5.10 Å². The fourth-order valence-electron chi connectivity index (χ4n) is 4.43. The van der Waals surface area contributed by atoms with Crippen molar-refractivity contribution in [1.82, 2.24) is 14.7 Å². The second-order valence-corrected chi connectivity index (χ2v) is 9.46. The number of fused-ring (bicyclic) bond motifs is 1. The molecule has 188 valence electrons. The zero-order valence-corrected chi connectivity index (χ0v) is 21.0. The molecule has 3 heterocycles. The Labute approximate surface area is 216 Å². The summed E-state index contributed by atoms with van der Waals surface area (Å²) in [5.41, 5.74) is 3.14. The summed E-state index contributed by atoms with van der Waals surface area (Å²) >= 11 is 1.46. The molecule has 1 saturated heterocycles. The molecule has 2 aromatic carbocycles. The smallest absolute Gasteiger partial charge is 0.338 e. The van der Waals surface area contributed by atoms with Crippen LogP contribution in [-0.4, -0.2) is 49.0 Å². The van der Waals surface area contributed by atoms with Crippen LogP contribution in [0.15, 0.2) is 77.1 Å². The van der Waals surface area contributed by atoms with Crippen molar-refractivity contribution < 1.29 is 19.2 Å². The van der Waals surface area contributed by atoms with E-state index in [9.17, 15) is 19.7 Å². The molecule has 1 amide bonds. The SMILES string of the molecule is CCOC(=O)C1=C(C)N=C2SCCC(=O)N2C1c1cn(-c2ccccc2)nc1-c1ccc([N+](=O)[O-])cc1. The molecule has 1 atom stereocenters. The topological polar surface area (TPSA) is 120 Å². The third-order valence-corrected chi connectivity index (χ3v) is 7.07. The van der Waals surface area contributed by atoms with Crippen molar-refractivity contribution >= 4 is 34.5 Å². The van der Waals surface area contributed by atoms with Gasteiger partial charge in [-0.15, -0.1) is 0 Å². The number of hydrogen-bond acceptors (Lipinski definition) is 8. The van der Waals surface area contributed by atoms with Gasteiger partial charge in [0.15, 0.2) is 5.17 Å². The maximum absolute atomic E-state index is 13.2. The van der Waals surface area contributed by atoms with Crippen LogP contribution in [0.4, 0.5) is 5.69 Å². The van der Waals surface area contributed by atoms with Crippen LogP contribution >= 0.6 is 11.8 Å². The van der Waals surface area contributed by atoms with Crippen molar-refractivity contribution in [2.24, 2.45) is 4.99 Å². The lowest BCUT2D eigenvalue weighted by atomic mass is 9.92. The highest BCUT2D eigenvalue weighted by Crippen LogP contribution is 2.43. The van der Waals surface area contributed by atoms with Gasteiger partial charge >= 0.3 is 5.97 Å². The number of carbonyl (C=O) groups excluding carboxylic acids is 2. The van der Waals surface area contributed by atoms with E-state index in [2.05, 4.69) is 4.99 Å². The molecule has 0 saturated carbocycles. The van der Waals surface area contributed by atoms with E-state index in [0.29, 0.717) is 39.9 Å². The van der Waals surface area contributed by atoms with E-state index >= 15 is 0 Å². The number of amides is 1. The van der Waals surface area contributed by atoms with Crippen molar-refractivity contribution in [3.05, 3.63) is 87.7 Å². The number of carbonyl (C=O) groups is 2. The lowest BCUT2D eigenvalue weighted by Crippen LogP contribution is -2.45. The molecular weight excluding hydrogens is 494 g/mol. The van der Waals surface area contributed by atoms with Crippen LogP contribution < -0.4 is 0 Å². The van der Waals surface area contributed by atoms with E-state index in [0.717, 1.165) is 5.69 Å². The Hall–Kier alpha value is -4.25. The first-order valence-corrected chi connectivity index (χ1v) is 12.7. The number of thioether (sulfide) groups is 1. The highest BCUT2D eigenvalue weighted by atomic mass is 32.2. The number of nitrogens with zero attached hydrogens (tertiary/aromatic N) is 5. The first-order valence-electron chi connectivity index (χ1n) is 11.7. The monoisotopic (exact) mass is 517 g/mol. The Morgan fingerprint density at radius 3 is 2.59 bits per heavy atom. The van der Waals surface area contributed by atoms with Crippen LogP contribution in [0.2, 0.25) is 0 Å². The van der Waals surface area contributed by atoms with E-state index in [1.54, 1.807) is 41.8 Å². The predicted octanol–water partition coefficient (Wildman–Crippen LogP) is 4.66. The van der Waals surface area contributed by atoms with Gasteiger partial charge in [0.2, 0.25) is 5.91 Å². The van der Waals surface area contributed by atoms with Crippen LogP contribution in [-0.2, 0) is 14.3 Å². The summed E-state index contributed by atoms with van der Waals surface area (Å²) in [5.74, 6) is -0.112. The quantitative estimate of drug-likeness (QED) is 0.265. The van der Waals surface area contributed by atoms with Gasteiger partial charge in [0, 0.05) is 41.6 Å². The molecule has 2 aliphatic heterocycles. The number of ether oxygens (including phenoxy) is 1. The Balaban J connectivity index is 1.74. The predicted molar refractivity (Wildman–Crippen MR) is 139 cm³/mol. The molecule has 5 rings (SSSR count). The molecular formula is C26H23N5O5S. The van der Waals surface area contributed by atoms with Crippen LogP contribution in [0.25, 0.3) is 16.9 Å². The largest absolute Gasteiger partial charge is 0.463 e. The number of nitro groups is 1. The molecule has 10 nitrogen and oxygen atoms in total. The molecule has 11 heteroatoms. The van der Waals surface area contributed by atoms with E-state index < -0.39 is 16.9 Å². The summed E-state index contributed by atoms with van der Waals surface area (Å²) in [5, 5.41) is 16.6. The van der Waals surface area contributed by atoms with Gasteiger partial charge in [-0.1, -0.05) is 30.0 Å². The average Bonchev–Trinajstić information content (AvgIpc) is 3.34. The maximum Gasteiger partial charge on any atom is 0.338 e. The fraction of sp³-hybridized carbons (Fsp3) is 0.231. The Bertz CT molecular complexity index is 1450. The first kappa shape index (κ1) is 24.4. The summed E-state index contributed by atoms with van der Waals surface area (Å²) in [4.78, 5) is 43.4.